The van der Waals surface area contributed by atoms with Crippen molar-refractivity contribution in [3.63, 3.8) is 0 Å². The Morgan fingerprint density at radius 3 is 1.62 bits per heavy atom. The largest absolute Gasteiger partial charge is 0.416 e. The minimum atomic E-state index is -4.34. The van der Waals surface area contributed by atoms with Crippen molar-refractivity contribution in [3.05, 3.63) is 54.1 Å². The number of hydrogen-bond acceptors (Lipinski definition) is 4. The summed E-state index contributed by atoms with van der Waals surface area (Å²) in [6.45, 7) is 0.970. The van der Waals surface area contributed by atoms with Crippen LogP contribution in [0.2, 0.25) is 0 Å². The van der Waals surface area contributed by atoms with Crippen LogP contribution in [0, 0.1) is 0 Å². The van der Waals surface area contributed by atoms with Crippen LogP contribution in [-0.2, 0) is 16.2 Å². The summed E-state index contributed by atoms with van der Waals surface area (Å²) in [6.07, 6.45) is -4.34. The van der Waals surface area contributed by atoms with Crippen molar-refractivity contribution >= 4 is 21.4 Å². The number of hydrogen-bond donors (Lipinski definition) is 3. The van der Waals surface area contributed by atoms with Crippen LogP contribution in [0.15, 0.2) is 53.4 Å². The monoisotopic (exact) mass is 359 g/mol. The zero-order chi connectivity index (χ0) is 17.8. The van der Waals surface area contributed by atoms with Gasteiger partial charge in [-0.15, -0.1) is 0 Å². The van der Waals surface area contributed by atoms with E-state index in [1.807, 2.05) is 0 Å². The molecule has 0 saturated heterocycles. The van der Waals surface area contributed by atoms with Crippen molar-refractivity contribution in [2.24, 2.45) is 5.14 Å². The molecule has 0 unspecified atom stereocenters. The third-order valence-electron chi connectivity index (χ3n) is 3.18. The molecule has 0 amide bonds. The molecule has 2 aromatic carbocycles. The summed E-state index contributed by atoms with van der Waals surface area (Å²) in [5, 5.41) is 11.0. The fourth-order valence-electron chi connectivity index (χ4n) is 1.95. The van der Waals surface area contributed by atoms with Crippen molar-refractivity contribution in [3.8, 4) is 0 Å². The number of primary sulfonamides is 1. The molecule has 0 aliphatic rings. The molecule has 0 heterocycles. The molecule has 130 valence electrons. The summed E-state index contributed by atoms with van der Waals surface area (Å²) in [5.41, 5.74) is 0.590. The second-order valence-electron chi connectivity index (χ2n) is 5.00. The molecule has 0 saturated carbocycles. The lowest BCUT2D eigenvalue weighted by molar-refractivity contribution is -0.137. The Morgan fingerprint density at radius 1 is 0.833 bits per heavy atom. The van der Waals surface area contributed by atoms with Crippen LogP contribution in [0.25, 0.3) is 0 Å². The van der Waals surface area contributed by atoms with Gasteiger partial charge in [-0.1, -0.05) is 0 Å². The van der Waals surface area contributed by atoms with Gasteiger partial charge in [0.25, 0.3) is 0 Å². The highest BCUT2D eigenvalue weighted by Crippen LogP contribution is 2.29. The molecule has 0 aliphatic heterocycles. The first-order valence-corrected chi connectivity index (χ1v) is 8.49. The lowest BCUT2D eigenvalue weighted by atomic mass is 10.2. The van der Waals surface area contributed by atoms with Gasteiger partial charge in [0, 0.05) is 24.5 Å². The van der Waals surface area contributed by atoms with E-state index in [0.717, 1.165) is 12.1 Å². The first-order chi connectivity index (χ1) is 11.2. The first kappa shape index (κ1) is 18.1. The van der Waals surface area contributed by atoms with Crippen molar-refractivity contribution in [1.29, 1.82) is 0 Å². The molecule has 24 heavy (non-hydrogen) atoms. The first-order valence-electron chi connectivity index (χ1n) is 6.94. The fourth-order valence-corrected chi connectivity index (χ4v) is 2.47. The van der Waals surface area contributed by atoms with E-state index in [-0.39, 0.29) is 4.90 Å². The van der Waals surface area contributed by atoms with E-state index in [1.165, 1.54) is 24.3 Å². The van der Waals surface area contributed by atoms with Gasteiger partial charge in [0.1, 0.15) is 0 Å². The second-order valence-corrected chi connectivity index (χ2v) is 6.56. The lowest BCUT2D eigenvalue weighted by Gasteiger charge is -2.11. The van der Waals surface area contributed by atoms with E-state index in [2.05, 4.69) is 10.6 Å². The lowest BCUT2D eigenvalue weighted by Crippen LogP contribution is -2.14. The van der Waals surface area contributed by atoms with Gasteiger partial charge in [-0.05, 0) is 48.5 Å². The van der Waals surface area contributed by atoms with E-state index in [1.54, 1.807) is 12.1 Å². The predicted octanol–water partition coefficient (Wildman–Crippen LogP) is 2.88. The Labute approximate surface area is 137 Å². The molecule has 2 rings (SSSR count). The van der Waals surface area contributed by atoms with Crippen LogP contribution in [0.4, 0.5) is 24.5 Å². The Balaban J connectivity index is 1.81. The van der Waals surface area contributed by atoms with Crippen LogP contribution >= 0.6 is 0 Å². The number of rotatable bonds is 6. The van der Waals surface area contributed by atoms with Gasteiger partial charge >= 0.3 is 6.18 Å². The Kier molecular flexibility index (Phi) is 5.35. The van der Waals surface area contributed by atoms with E-state index in [4.69, 9.17) is 5.14 Å². The molecule has 0 aromatic heterocycles. The summed E-state index contributed by atoms with van der Waals surface area (Å²) in [5.74, 6) is 0. The van der Waals surface area contributed by atoms with E-state index >= 15 is 0 Å². The van der Waals surface area contributed by atoms with Gasteiger partial charge in [0.2, 0.25) is 10.0 Å². The summed E-state index contributed by atoms with van der Waals surface area (Å²) in [4.78, 5) is 0.0240. The van der Waals surface area contributed by atoms with E-state index in [9.17, 15) is 21.6 Å². The molecule has 0 aliphatic carbocycles. The molecular weight excluding hydrogens is 343 g/mol. The number of nitrogens with one attached hydrogen (secondary N) is 2. The van der Waals surface area contributed by atoms with Crippen LogP contribution < -0.4 is 15.8 Å². The molecular formula is C15H16F3N3O2S. The van der Waals surface area contributed by atoms with Crippen LogP contribution in [0.1, 0.15) is 5.56 Å². The number of anilines is 2. The highest BCUT2D eigenvalue weighted by molar-refractivity contribution is 7.89. The van der Waals surface area contributed by atoms with Crippen LogP contribution in [0.3, 0.4) is 0 Å². The Bertz CT molecular complexity index is 773. The maximum atomic E-state index is 12.4. The maximum Gasteiger partial charge on any atom is 0.416 e. The van der Waals surface area contributed by atoms with Crippen LogP contribution in [0.5, 0.6) is 0 Å². The average Bonchev–Trinajstić information content (AvgIpc) is 2.51. The van der Waals surface area contributed by atoms with Gasteiger partial charge in [0.15, 0.2) is 0 Å². The molecule has 0 bridgehead atoms. The predicted molar refractivity (Wildman–Crippen MR) is 86.2 cm³/mol. The summed E-state index contributed by atoms with van der Waals surface area (Å²) in [7, 11) is -3.72. The van der Waals surface area contributed by atoms with E-state index < -0.39 is 21.8 Å². The zero-order valence-electron chi connectivity index (χ0n) is 12.5. The highest BCUT2D eigenvalue weighted by atomic mass is 32.2. The third kappa shape index (κ3) is 5.14. The Hall–Kier alpha value is -2.26. The smallest absolute Gasteiger partial charge is 0.383 e. The van der Waals surface area contributed by atoms with Gasteiger partial charge in [-0.3, -0.25) is 0 Å². The molecule has 5 nitrogen and oxygen atoms in total. The highest BCUT2D eigenvalue weighted by Gasteiger charge is 2.29. The minimum Gasteiger partial charge on any atom is -0.383 e. The van der Waals surface area contributed by atoms with Crippen LogP contribution in [-0.4, -0.2) is 21.5 Å². The molecule has 9 heteroatoms. The topological polar surface area (TPSA) is 84.2 Å². The molecule has 0 fully saturated rings. The van der Waals surface area contributed by atoms with Gasteiger partial charge < -0.3 is 10.6 Å². The van der Waals surface area contributed by atoms with Crippen molar-refractivity contribution in [1.82, 2.24) is 0 Å². The molecule has 0 spiro atoms. The minimum absolute atomic E-state index is 0.0240. The van der Waals surface area contributed by atoms with Gasteiger partial charge in [0.05, 0.1) is 10.5 Å². The third-order valence-corrected chi connectivity index (χ3v) is 4.11. The SMILES string of the molecule is NS(=O)(=O)c1ccc(NCCNc2ccc(C(F)(F)F)cc2)cc1. The molecule has 0 atom stereocenters. The quantitative estimate of drug-likeness (QED) is 0.693. The summed E-state index contributed by atoms with van der Waals surface area (Å²) in [6, 6.07) is 10.7. The maximum absolute atomic E-state index is 12.4. The fraction of sp³-hybridized carbons (Fsp3) is 0.200. The zero-order valence-corrected chi connectivity index (χ0v) is 13.3. The number of halogens is 3. The summed E-state index contributed by atoms with van der Waals surface area (Å²) < 4.78 is 59.6. The molecule has 4 N–H and O–H groups in total. The summed E-state index contributed by atoms with van der Waals surface area (Å²) >= 11 is 0. The van der Waals surface area contributed by atoms with E-state index in [0.29, 0.717) is 24.5 Å². The number of nitrogens with two attached hydrogens (primary N) is 1. The van der Waals surface area contributed by atoms with Gasteiger partial charge in [-0.25, -0.2) is 13.6 Å². The van der Waals surface area contributed by atoms with Crippen molar-refractivity contribution in [2.75, 3.05) is 23.7 Å². The standard InChI is InChI=1S/C15H16F3N3O2S/c16-15(17,18)11-1-3-12(4-2-11)20-9-10-21-13-5-7-14(8-6-13)24(19,22)23/h1-8,20-21H,9-10H2,(H2,19,22,23). The van der Waals surface area contributed by atoms with Crippen molar-refractivity contribution in [2.45, 2.75) is 11.1 Å². The molecule has 0 radical (unpaired) electrons. The van der Waals surface area contributed by atoms with Crippen molar-refractivity contribution < 1.29 is 21.6 Å². The average molecular weight is 359 g/mol. The number of benzene rings is 2. The van der Waals surface area contributed by atoms with Gasteiger partial charge in [-0.2, -0.15) is 13.2 Å². The normalized spacial score (nSPS) is 12.0. The number of sulfonamides is 1. The second kappa shape index (κ2) is 7.10. The number of alkyl halides is 3. The Morgan fingerprint density at radius 2 is 1.25 bits per heavy atom. The molecule has 2 aromatic rings.